The molecule has 0 saturated heterocycles. The zero-order chi connectivity index (χ0) is 19.3. The fraction of sp³-hybridized carbons (Fsp3) is 0.263. The largest absolute Gasteiger partial charge is 0.418 e. The van der Waals surface area contributed by atoms with Gasteiger partial charge in [0.15, 0.2) is 0 Å². The van der Waals surface area contributed by atoms with Crippen LogP contribution in [0.25, 0.3) is 0 Å². The van der Waals surface area contributed by atoms with Crippen molar-refractivity contribution in [2.24, 2.45) is 0 Å². The van der Waals surface area contributed by atoms with Crippen LogP contribution in [0.1, 0.15) is 24.5 Å². The number of anilines is 2. The van der Waals surface area contributed by atoms with Crippen molar-refractivity contribution in [3.63, 3.8) is 0 Å². The molecule has 0 aliphatic rings. The average Bonchev–Trinajstić information content (AvgIpc) is 2.54. The maximum absolute atomic E-state index is 13.2. The van der Waals surface area contributed by atoms with Crippen molar-refractivity contribution in [3.05, 3.63) is 59.7 Å². The van der Waals surface area contributed by atoms with Crippen LogP contribution in [0.5, 0.6) is 0 Å². The molecule has 0 spiro atoms. The number of carbonyl (C=O) groups excluding carboxylic acids is 2. The fourth-order valence-electron chi connectivity index (χ4n) is 2.56. The molecule has 0 aliphatic heterocycles. The lowest BCUT2D eigenvalue weighted by Gasteiger charge is -2.24. The SMILES string of the molecule is CC(=O)N(CCC(=O)Nc1cccc(C)c1)c1ccccc1C(F)(F)F. The molecule has 138 valence electrons. The zero-order valence-corrected chi connectivity index (χ0v) is 14.4. The van der Waals surface area contributed by atoms with Crippen LogP contribution in [-0.2, 0) is 15.8 Å². The molecule has 0 atom stereocenters. The second kappa shape index (κ2) is 8.03. The number of amides is 2. The standard InChI is InChI=1S/C19H19F3N2O2/c1-13-6-5-7-15(12-13)23-18(26)10-11-24(14(2)25)17-9-4-3-8-16(17)19(20,21)22/h3-9,12H,10-11H2,1-2H3,(H,23,26). The van der Waals surface area contributed by atoms with Crippen LogP contribution in [-0.4, -0.2) is 18.4 Å². The number of hydrogen-bond donors (Lipinski definition) is 1. The van der Waals surface area contributed by atoms with Crippen LogP contribution < -0.4 is 10.2 Å². The Morgan fingerprint density at radius 2 is 1.77 bits per heavy atom. The monoisotopic (exact) mass is 364 g/mol. The predicted octanol–water partition coefficient (Wildman–Crippen LogP) is 4.40. The lowest BCUT2D eigenvalue weighted by atomic mass is 10.1. The van der Waals surface area contributed by atoms with E-state index in [1.807, 2.05) is 13.0 Å². The van der Waals surface area contributed by atoms with E-state index in [0.717, 1.165) is 16.5 Å². The van der Waals surface area contributed by atoms with Gasteiger partial charge >= 0.3 is 6.18 Å². The first-order valence-corrected chi connectivity index (χ1v) is 7.99. The third-order valence-corrected chi connectivity index (χ3v) is 3.74. The van der Waals surface area contributed by atoms with Gasteiger partial charge in [-0.2, -0.15) is 13.2 Å². The third kappa shape index (κ3) is 5.08. The van der Waals surface area contributed by atoms with E-state index in [1.54, 1.807) is 18.2 Å². The molecule has 0 fully saturated rings. The first-order valence-electron chi connectivity index (χ1n) is 7.99. The van der Waals surface area contributed by atoms with Crippen LogP contribution in [0.2, 0.25) is 0 Å². The number of benzene rings is 2. The Labute approximate surface area is 149 Å². The minimum absolute atomic E-state index is 0.125. The van der Waals surface area contributed by atoms with E-state index < -0.39 is 17.6 Å². The molecule has 1 N–H and O–H groups in total. The number of nitrogens with one attached hydrogen (secondary N) is 1. The molecule has 0 unspecified atom stereocenters. The van der Waals surface area contributed by atoms with E-state index >= 15 is 0 Å². The Morgan fingerprint density at radius 3 is 2.38 bits per heavy atom. The fourth-order valence-corrected chi connectivity index (χ4v) is 2.56. The minimum Gasteiger partial charge on any atom is -0.326 e. The topological polar surface area (TPSA) is 49.4 Å². The normalized spacial score (nSPS) is 11.1. The molecule has 0 radical (unpaired) electrons. The van der Waals surface area contributed by atoms with Gasteiger partial charge in [-0.15, -0.1) is 0 Å². The number of nitrogens with zero attached hydrogens (tertiary/aromatic N) is 1. The summed E-state index contributed by atoms with van der Waals surface area (Å²) in [6.07, 6.45) is -4.71. The molecule has 0 heterocycles. The van der Waals surface area contributed by atoms with E-state index in [0.29, 0.717) is 5.69 Å². The lowest BCUT2D eigenvalue weighted by Crippen LogP contribution is -2.33. The molecule has 0 aliphatic carbocycles. The molecular weight excluding hydrogens is 345 g/mol. The molecular formula is C19H19F3N2O2. The summed E-state index contributed by atoms with van der Waals surface area (Å²) in [5, 5.41) is 2.67. The van der Waals surface area contributed by atoms with Gasteiger partial charge in [0.1, 0.15) is 0 Å². The average molecular weight is 364 g/mol. The molecule has 0 aromatic heterocycles. The number of rotatable bonds is 5. The second-order valence-corrected chi connectivity index (χ2v) is 5.85. The number of para-hydroxylation sites is 1. The van der Waals surface area contributed by atoms with Gasteiger partial charge in [-0.3, -0.25) is 9.59 Å². The van der Waals surface area contributed by atoms with E-state index in [1.165, 1.54) is 25.1 Å². The van der Waals surface area contributed by atoms with Gasteiger partial charge in [-0.05, 0) is 36.8 Å². The van der Waals surface area contributed by atoms with E-state index in [-0.39, 0.29) is 24.6 Å². The van der Waals surface area contributed by atoms with Gasteiger partial charge in [-0.25, -0.2) is 0 Å². The summed E-state index contributed by atoms with van der Waals surface area (Å²) < 4.78 is 39.5. The van der Waals surface area contributed by atoms with Crippen LogP contribution in [0.15, 0.2) is 48.5 Å². The van der Waals surface area contributed by atoms with E-state index in [4.69, 9.17) is 0 Å². The summed E-state index contributed by atoms with van der Waals surface area (Å²) in [5.41, 5.74) is 0.400. The van der Waals surface area contributed by atoms with E-state index in [2.05, 4.69) is 5.32 Å². The van der Waals surface area contributed by atoms with Crippen molar-refractivity contribution in [3.8, 4) is 0 Å². The molecule has 2 amide bonds. The van der Waals surface area contributed by atoms with Crippen molar-refractivity contribution >= 4 is 23.2 Å². The molecule has 26 heavy (non-hydrogen) atoms. The third-order valence-electron chi connectivity index (χ3n) is 3.74. The molecule has 2 aromatic carbocycles. The number of aryl methyl sites for hydroxylation is 1. The highest BCUT2D eigenvalue weighted by atomic mass is 19.4. The van der Waals surface area contributed by atoms with Crippen molar-refractivity contribution < 1.29 is 22.8 Å². The maximum Gasteiger partial charge on any atom is 0.418 e. The minimum atomic E-state index is -4.59. The van der Waals surface area contributed by atoms with Crippen LogP contribution in [0, 0.1) is 6.92 Å². The van der Waals surface area contributed by atoms with Gasteiger partial charge in [0, 0.05) is 25.6 Å². The molecule has 4 nitrogen and oxygen atoms in total. The molecule has 0 saturated carbocycles. The number of carbonyl (C=O) groups is 2. The van der Waals surface area contributed by atoms with E-state index in [9.17, 15) is 22.8 Å². The quantitative estimate of drug-likeness (QED) is 0.855. The second-order valence-electron chi connectivity index (χ2n) is 5.85. The number of alkyl halides is 3. The van der Waals surface area contributed by atoms with Gasteiger partial charge in [0.2, 0.25) is 11.8 Å². The highest BCUT2D eigenvalue weighted by Crippen LogP contribution is 2.36. The summed E-state index contributed by atoms with van der Waals surface area (Å²) in [6, 6.07) is 12.0. The Hall–Kier alpha value is -2.83. The number of halogens is 3. The van der Waals surface area contributed by atoms with Crippen molar-refractivity contribution in [2.75, 3.05) is 16.8 Å². The highest BCUT2D eigenvalue weighted by molar-refractivity contribution is 5.95. The Bertz CT molecular complexity index is 803. The number of hydrogen-bond acceptors (Lipinski definition) is 2. The van der Waals surface area contributed by atoms with Crippen LogP contribution in [0.4, 0.5) is 24.5 Å². The predicted molar refractivity (Wildman–Crippen MR) is 93.9 cm³/mol. The van der Waals surface area contributed by atoms with Crippen molar-refractivity contribution in [1.29, 1.82) is 0 Å². The van der Waals surface area contributed by atoms with Crippen molar-refractivity contribution in [2.45, 2.75) is 26.4 Å². The first-order chi connectivity index (χ1) is 12.2. The van der Waals surface area contributed by atoms with Crippen molar-refractivity contribution in [1.82, 2.24) is 0 Å². The van der Waals surface area contributed by atoms with Gasteiger partial charge in [0.25, 0.3) is 0 Å². The first kappa shape index (κ1) is 19.5. The highest BCUT2D eigenvalue weighted by Gasteiger charge is 2.35. The Balaban J connectivity index is 2.12. The summed E-state index contributed by atoms with van der Waals surface area (Å²) in [5.74, 6) is -0.948. The summed E-state index contributed by atoms with van der Waals surface area (Å²) in [6.45, 7) is 2.90. The zero-order valence-electron chi connectivity index (χ0n) is 14.4. The lowest BCUT2D eigenvalue weighted by molar-refractivity contribution is -0.137. The van der Waals surface area contributed by atoms with Gasteiger partial charge in [-0.1, -0.05) is 24.3 Å². The Kier molecular flexibility index (Phi) is 6.02. The summed E-state index contributed by atoms with van der Waals surface area (Å²) >= 11 is 0. The van der Waals surface area contributed by atoms with Crippen LogP contribution in [0.3, 0.4) is 0 Å². The molecule has 2 aromatic rings. The summed E-state index contributed by atoms with van der Waals surface area (Å²) in [7, 11) is 0. The maximum atomic E-state index is 13.2. The van der Waals surface area contributed by atoms with Crippen LogP contribution >= 0.6 is 0 Å². The van der Waals surface area contributed by atoms with Gasteiger partial charge in [0.05, 0.1) is 11.3 Å². The van der Waals surface area contributed by atoms with Gasteiger partial charge < -0.3 is 10.2 Å². The molecule has 2 rings (SSSR count). The smallest absolute Gasteiger partial charge is 0.326 e. The molecule has 7 heteroatoms. The summed E-state index contributed by atoms with van der Waals surface area (Å²) in [4.78, 5) is 24.9. The molecule has 0 bridgehead atoms. The Morgan fingerprint density at radius 1 is 1.08 bits per heavy atom.